The molecule has 2 heterocycles. The molecule has 0 aliphatic rings. The first-order chi connectivity index (χ1) is 17.0. The number of thioether (sulfide) groups is 1. The molecule has 9 nitrogen and oxygen atoms in total. The molecule has 180 valence electrons. The molecule has 0 radical (unpaired) electrons. The maximum absolute atomic E-state index is 13.1. The van der Waals surface area contributed by atoms with Gasteiger partial charge in [0.25, 0.3) is 5.56 Å². The molecule has 0 unspecified atom stereocenters. The van der Waals surface area contributed by atoms with Crippen molar-refractivity contribution in [1.82, 2.24) is 24.1 Å². The number of carbonyl (C=O) groups excluding carboxylic acids is 1. The van der Waals surface area contributed by atoms with Gasteiger partial charge in [-0.25, -0.2) is 4.68 Å². The van der Waals surface area contributed by atoms with Gasteiger partial charge in [-0.05, 0) is 31.2 Å². The molecule has 0 saturated carbocycles. The van der Waals surface area contributed by atoms with Crippen LogP contribution in [0.2, 0.25) is 0 Å². The van der Waals surface area contributed by atoms with E-state index < -0.39 is 0 Å². The Morgan fingerprint density at radius 1 is 1.14 bits per heavy atom. The summed E-state index contributed by atoms with van der Waals surface area (Å²) < 4.78 is 10.6. The van der Waals surface area contributed by atoms with Crippen LogP contribution >= 0.6 is 11.8 Å². The minimum Gasteiger partial charge on any atom is -0.496 e. The molecule has 1 N–H and O–H groups in total. The summed E-state index contributed by atoms with van der Waals surface area (Å²) in [5.74, 6) is 1.04. The molecule has 4 aromatic rings. The van der Waals surface area contributed by atoms with E-state index in [2.05, 4.69) is 22.1 Å². The van der Waals surface area contributed by atoms with E-state index in [-0.39, 0.29) is 22.9 Å². The first-order valence-electron chi connectivity index (χ1n) is 10.9. The number of aromatic nitrogens is 5. The zero-order valence-corrected chi connectivity index (χ0v) is 20.6. The highest BCUT2D eigenvalue weighted by atomic mass is 32.2. The lowest BCUT2D eigenvalue weighted by Crippen LogP contribution is -2.23. The van der Waals surface area contributed by atoms with E-state index in [0.717, 1.165) is 11.3 Å². The molecule has 0 fully saturated rings. The molecule has 0 spiro atoms. The summed E-state index contributed by atoms with van der Waals surface area (Å²) in [6, 6.07) is 16.8. The highest BCUT2D eigenvalue weighted by Gasteiger charge is 2.20. The van der Waals surface area contributed by atoms with Crippen LogP contribution in [-0.4, -0.2) is 42.9 Å². The van der Waals surface area contributed by atoms with Crippen molar-refractivity contribution in [1.29, 1.82) is 0 Å². The molecule has 0 atom stereocenters. The van der Waals surface area contributed by atoms with E-state index in [1.807, 2.05) is 59.2 Å². The van der Waals surface area contributed by atoms with Crippen LogP contribution in [0, 0.1) is 6.92 Å². The predicted octanol–water partition coefficient (Wildman–Crippen LogP) is 3.67. The van der Waals surface area contributed by atoms with E-state index in [1.54, 1.807) is 31.8 Å². The predicted molar refractivity (Wildman–Crippen MR) is 137 cm³/mol. The number of carbonyl (C=O) groups is 1. The summed E-state index contributed by atoms with van der Waals surface area (Å²) in [4.78, 5) is 25.9. The summed E-state index contributed by atoms with van der Waals surface area (Å²) in [6.45, 7) is 6.08. The van der Waals surface area contributed by atoms with E-state index in [9.17, 15) is 9.59 Å². The van der Waals surface area contributed by atoms with Crippen molar-refractivity contribution in [3.8, 4) is 22.8 Å². The fourth-order valence-corrected chi connectivity index (χ4v) is 4.48. The van der Waals surface area contributed by atoms with Crippen LogP contribution in [0.4, 0.5) is 5.69 Å². The molecule has 10 heteroatoms. The number of benzene rings is 2. The topological polar surface area (TPSA) is 96.0 Å². The van der Waals surface area contributed by atoms with Gasteiger partial charge < -0.3 is 10.1 Å². The van der Waals surface area contributed by atoms with Crippen molar-refractivity contribution in [3.63, 3.8) is 0 Å². The Balaban J connectivity index is 1.54. The lowest BCUT2D eigenvalue weighted by atomic mass is 10.2. The molecule has 1 amide bonds. The molecular weight excluding hydrogens is 464 g/mol. The van der Waals surface area contributed by atoms with E-state index in [4.69, 9.17) is 4.74 Å². The van der Waals surface area contributed by atoms with Gasteiger partial charge in [0.05, 0.1) is 29.8 Å². The highest BCUT2D eigenvalue weighted by molar-refractivity contribution is 7.99. The second-order valence-electron chi connectivity index (χ2n) is 7.68. The second-order valence-corrected chi connectivity index (χ2v) is 8.62. The monoisotopic (exact) mass is 490 g/mol. The molecule has 4 rings (SSSR count). The Kier molecular flexibility index (Phi) is 7.21. The molecule has 2 aromatic heterocycles. The largest absolute Gasteiger partial charge is 0.496 e. The van der Waals surface area contributed by atoms with E-state index >= 15 is 0 Å². The average Bonchev–Trinajstić information content (AvgIpc) is 3.37. The number of nitrogens with zero attached hydrogens (tertiary/aromatic N) is 5. The Hall–Kier alpha value is -4.05. The van der Waals surface area contributed by atoms with Crippen molar-refractivity contribution in [2.75, 3.05) is 18.2 Å². The quantitative estimate of drug-likeness (QED) is 0.284. The zero-order chi connectivity index (χ0) is 24.9. The van der Waals surface area contributed by atoms with Crippen LogP contribution < -0.4 is 15.6 Å². The van der Waals surface area contributed by atoms with Crippen LogP contribution in [0.3, 0.4) is 0 Å². The minimum atomic E-state index is -0.312. The SMILES string of the molecule is C=CCn1c(SCC(=O)Nc2c(C)n(C)n(-c3ccccc3)c2=O)nnc1-c1ccccc1OC. The van der Waals surface area contributed by atoms with Crippen molar-refractivity contribution in [2.45, 2.75) is 18.6 Å². The summed E-state index contributed by atoms with van der Waals surface area (Å²) in [5.41, 5.74) is 2.14. The molecular formula is C25H26N6O3S. The van der Waals surface area contributed by atoms with E-state index in [0.29, 0.717) is 29.0 Å². The fraction of sp³-hybridized carbons (Fsp3) is 0.200. The number of rotatable bonds is 9. The summed E-state index contributed by atoms with van der Waals surface area (Å²) in [6.07, 6.45) is 1.74. The van der Waals surface area contributed by atoms with Gasteiger partial charge >= 0.3 is 0 Å². The first-order valence-corrected chi connectivity index (χ1v) is 11.9. The van der Waals surface area contributed by atoms with Gasteiger partial charge in [0.1, 0.15) is 11.4 Å². The number of anilines is 1. The molecule has 0 saturated heterocycles. The van der Waals surface area contributed by atoms with Crippen LogP contribution in [0.1, 0.15) is 5.69 Å². The number of para-hydroxylation sites is 2. The maximum atomic E-state index is 13.1. The highest BCUT2D eigenvalue weighted by Crippen LogP contribution is 2.31. The third kappa shape index (κ3) is 4.78. The summed E-state index contributed by atoms with van der Waals surface area (Å²) in [7, 11) is 3.38. The Morgan fingerprint density at radius 3 is 2.57 bits per heavy atom. The number of hydrogen-bond acceptors (Lipinski definition) is 6. The van der Waals surface area contributed by atoms with Gasteiger partial charge in [-0.15, -0.1) is 16.8 Å². The smallest absolute Gasteiger partial charge is 0.295 e. The van der Waals surface area contributed by atoms with Crippen LogP contribution in [0.15, 0.2) is 77.2 Å². The van der Waals surface area contributed by atoms with Crippen molar-refractivity contribution < 1.29 is 9.53 Å². The van der Waals surface area contributed by atoms with Crippen LogP contribution in [0.25, 0.3) is 17.1 Å². The lowest BCUT2D eigenvalue weighted by molar-refractivity contribution is -0.113. The summed E-state index contributed by atoms with van der Waals surface area (Å²) in [5, 5.41) is 11.9. The number of allylic oxidation sites excluding steroid dienone is 1. The number of hydrogen-bond donors (Lipinski definition) is 1. The van der Waals surface area contributed by atoms with Crippen molar-refractivity contribution in [2.24, 2.45) is 7.05 Å². The molecule has 0 aliphatic carbocycles. The Labute approximate surface area is 207 Å². The van der Waals surface area contributed by atoms with Crippen molar-refractivity contribution >= 4 is 23.4 Å². The number of ether oxygens (including phenoxy) is 1. The lowest BCUT2D eigenvalue weighted by Gasteiger charge is -2.10. The van der Waals surface area contributed by atoms with Gasteiger partial charge in [-0.2, -0.15) is 0 Å². The zero-order valence-electron chi connectivity index (χ0n) is 19.8. The second kappa shape index (κ2) is 10.5. The summed E-state index contributed by atoms with van der Waals surface area (Å²) >= 11 is 1.24. The van der Waals surface area contributed by atoms with Gasteiger partial charge in [0, 0.05) is 13.6 Å². The third-order valence-electron chi connectivity index (χ3n) is 5.53. The van der Waals surface area contributed by atoms with Gasteiger partial charge in [-0.3, -0.25) is 18.8 Å². The van der Waals surface area contributed by atoms with Crippen molar-refractivity contribution in [3.05, 3.63) is 83.3 Å². The number of nitrogens with one attached hydrogen (secondary N) is 1. The van der Waals surface area contributed by atoms with Crippen LogP contribution in [0.5, 0.6) is 5.75 Å². The number of methoxy groups -OCH3 is 1. The molecule has 0 bridgehead atoms. The molecule has 2 aromatic carbocycles. The van der Waals surface area contributed by atoms with Crippen LogP contribution in [-0.2, 0) is 18.4 Å². The maximum Gasteiger partial charge on any atom is 0.295 e. The standard InChI is InChI=1S/C25H26N6O3S/c1-5-15-30-23(19-13-9-10-14-20(19)34-4)27-28-25(30)35-16-21(32)26-22-17(2)29(3)31(24(22)33)18-11-7-6-8-12-18/h5-14H,1,15-16H2,2-4H3,(H,26,32). The fourth-order valence-electron chi connectivity index (χ4n) is 3.74. The number of amides is 1. The van der Waals surface area contributed by atoms with E-state index in [1.165, 1.54) is 16.4 Å². The minimum absolute atomic E-state index is 0.0559. The van der Waals surface area contributed by atoms with Gasteiger partial charge in [0.2, 0.25) is 5.91 Å². The van der Waals surface area contributed by atoms with Gasteiger partial charge in [0.15, 0.2) is 11.0 Å². The third-order valence-corrected chi connectivity index (χ3v) is 6.49. The Bertz CT molecular complexity index is 1420. The normalized spacial score (nSPS) is 10.8. The molecule has 0 aliphatic heterocycles. The van der Waals surface area contributed by atoms with Gasteiger partial charge in [-0.1, -0.05) is 48.2 Å². The Morgan fingerprint density at radius 2 is 1.86 bits per heavy atom. The first kappa shape index (κ1) is 24.1. The molecule has 35 heavy (non-hydrogen) atoms. The average molecular weight is 491 g/mol.